The summed E-state index contributed by atoms with van der Waals surface area (Å²) in [5.41, 5.74) is 0. The van der Waals surface area contributed by atoms with Gasteiger partial charge in [-0.25, -0.2) is 4.79 Å². The lowest BCUT2D eigenvalue weighted by molar-refractivity contribution is -0.158. The molecule has 2 aliphatic rings. The summed E-state index contributed by atoms with van der Waals surface area (Å²) in [6.45, 7) is 5.50. The Labute approximate surface area is 120 Å². The molecule has 0 aromatic rings. The monoisotopic (exact) mass is 283 g/mol. The van der Waals surface area contributed by atoms with E-state index in [1.165, 1.54) is 0 Å². The van der Waals surface area contributed by atoms with Gasteiger partial charge in [0.15, 0.2) is 0 Å². The molecule has 0 N–H and O–H groups in total. The molecule has 0 bridgehead atoms. The molecule has 0 aromatic heterocycles. The third-order valence-electron chi connectivity index (χ3n) is 4.27. The van der Waals surface area contributed by atoms with Crippen molar-refractivity contribution < 1.29 is 19.1 Å². The van der Waals surface area contributed by atoms with E-state index >= 15 is 0 Å². The lowest BCUT2D eigenvalue weighted by Crippen LogP contribution is -2.51. The highest BCUT2D eigenvalue weighted by Gasteiger charge is 2.40. The second-order valence-corrected chi connectivity index (χ2v) is 5.51. The average molecular weight is 283 g/mol. The highest BCUT2D eigenvalue weighted by Crippen LogP contribution is 2.28. The number of amides is 1. The standard InChI is InChI=1S/C15H25NO4/c1-3-13-11(8-10-20-13)14(17)16-9-6-5-7-12(16)15(18)19-4-2/h11-13H,3-10H2,1-2H3. The van der Waals surface area contributed by atoms with Gasteiger partial charge in [-0.15, -0.1) is 0 Å². The molecule has 2 aliphatic heterocycles. The molecule has 2 saturated heterocycles. The van der Waals surface area contributed by atoms with Crippen molar-refractivity contribution in [2.45, 2.75) is 58.1 Å². The van der Waals surface area contributed by atoms with Crippen LogP contribution in [-0.4, -0.2) is 48.7 Å². The number of esters is 1. The molecule has 0 aliphatic carbocycles. The fourth-order valence-corrected chi connectivity index (χ4v) is 3.23. The number of hydrogen-bond acceptors (Lipinski definition) is 4. The molecule has 3 atom stereocenters. The van der Waals surface area contributed by atoms with Crippen molar-refractivity contribution in [2.75, 3.05) is 19.8 Å². The van der Waals surface area contributed by atoms with E-state index in [0.717, 1.165) is 32.1 Å². The van der Waals surface area contributed by atoms with E-state index in [1.54, 1.807) is 11.8 Å². The molecule has 3 unspecified atom stereocenters. The van der Waals surface area contributed by atoms with E-state index in [9.17, 15) is 9.59 Å². The van der Waals surface area contributed by atoms with Gasteiger partial charge in [0.05, 0.1) is 18.6 Å². The first-order valence-electron chi connectivity index (χ1n) is 7.77. The third kappa shape index (κ3) is 3.14. The molecular formula is C15H25NO4. The average Bonchev–Trinajstić information content (AvgIpc) is 2.95. The van der Waals surface area contributed by atoms with Crippen LogP contribution in [0.25, 0.3) is 0 Å². The van der Waals surface area contributed by atoms with Gasteiger partial charge in [-0.2, -0.15) is 0 Å². The maximum Gasteiger partial charge on any atom is 0.328 e. The molecular weight excluding hydrogens is 258 g/mol. The molecule has 2 heterocycles. The van der Waals surface area contributed by atoms with Crippen molar-refractivity contribution in [3.05, 3.63) is 0 Å². The van der Waals surface area contributed by atoms with Crippen molar-refractivity contribution in [2.24, 2.45) is 5.92 Å². The maximum atomic E-state index is 12.7. The number of piperidine rings is 1. The van der Waals surface area contributed by atoms with Gasteiger partial charge in [0, 0.05) is 13.2 Å². The van der Waals surface area contributed by atoms with Crippen molar-refractivity contribution in [1.82, 2.24) is 4.90 Å². The van der Waals surface area contributed by atoms with Gasteiger partial charge in [0.1, 0.15) is 6.04 Å². The summed E-state index contributed by atoms with van der Waals surface area (Å²) in [7, 11) is 0. The summed E-state index contributed by atoms with van der Waals surface area (Å²) >= 11 is 0. The molecule has 5 nitrogen and oxygen atoms in total. The smallest absolute Gasteiger partial charge is 0.328 e. The lowest BCUT2D eigenvalue weighted by atomic mass is 9.94. The Morgan fingerprint density at radius 2 is 2.05 bits per heavy atom. The Kier molecular flexibility index (Phi) is 5.40. The Hall–Kier alpha value is -1.10. The van der Waals surface area contributed by atoms with E-state index in [4.69, 9.17) is 9.47 Å². The summed E-state index contributed by atoms with van der Waals surface area (Å²) < 4.78 is 10.7. The van der Waals surface area contributed by atoms with Crippen molar-refractivity contribution in [3.8, 4) is 0 Å². The van der Waals surface area contributed by atoms with E-state index < -0.39 is 6.04 Å². The van der Waals surface area contributed by atoms with Crippen LogP contribution in [0.5, 0.6) is 0 Å². The van der Waals surface area contributed by atoms with Gasteiger partial charge < -0.3 is 14.4 Å². The van der Waals surface area contributed by atoms with Crippen LogP contribution in [0.3, 0.4) is 0 Å². The summed E-state index contributed by atoms with van der Waals surface area (Å²) in [6, 6.07) is -0.394. The van der Waals surface area contributed by atoms with Gasteiger partial charge in [-0.3, -0.25) is 4.79 Å². The fourth-order valence-electron chi connectivity index (χ4n) is 3.23. The molecule has 0 radical (unpaired) electrons. The van der Waals surface area contributed by atoms with Crippen molar-refractivity contribution in [1.29, 1.82) is 0 Å². The third-order valence-corrected chi connectivity index (χ3v) is 4.27. The van der Waals surface area contributed by atoms with E-state index in [1.807, 2.05) is 6.92 Å². The zero-order valence-corrected chi connectivity index (χ0v) is 12.5. The predicted octanol–water partition coefficient (Wildman–Crippen LogP) is 1.75. The van der Waals surface area contributed by atoms with Crippen LogP contribution in [0.2, 0.25) is 0 Å². The highest BCUT2D eigenvalue weighted by atomic mass is 16.5. The van der Waals surface area contributed by atoms with Gasteiger partial charge in [-0.1, -0.05) is 6.92 Å². The van der Waals surface area contributed by atoms with Crippen LogP contribution >= 0.6 is 0 Å². The molecule has 20 heavy (non-hydrogen) atoms. The predicted molar refractivity (Wildman–Crippen MR) is 74.1 cm³/mol. The number of likely N-dealkylation sites (tertiary alicyclic amines) is 1. The molecule has 1 amide bonds. The van der Waals surface area contributed by atoms with E-state index in [2.05, 4.69) is 0 Å². The van der Waals surface area contributed by atoms with Crippen LogP contribution in [0.4, 0.5) is 0 Å². The van der Waals surface area contributed by atoms with Gasteiger partial charge in [0.25, 0.3) is 0 Å². The van der Waals surface area contributed by atoms with Gasteiger partial charge in [-0.05, 0) is 39.0 Å². The van der Waals surface area contributed by atoms with Crippen LogP contribution in [0, 0.1) is 5.92 Å². The summed E-state index contributed by atoms with van der Waals surface area (Å²) in [4.78, 5) is 26.5. The number of carbonyl (C=O) groups is 2. The molecule has 0 spiro atoms. The molecule has 2 fully saturated rings. The first-order valence-corrected chi connectivity index (χ1v) is 7.77. The van der Waals surface area contributed by atoms with Crippen LogP contribution in [-0.2, 0) is 19.1 Å². The minimum Gasteiger partial charge on any atom is -0.464 e. The van der Waals surface area contributed by atoms with Crippen molar-refractivity contribution >= 4 is 11.9 Å². The largest absolute Gasteiger partial charge is 0.464 e. The second-order valence-electron chi connectivity index (χ2n) is 5.51. The highest BCUT2D eigenvalue weighted by molar-refractivity contribution is 5.86. The van der Waals surface area contributed by atoms with E-state index in [-0.39, 0.29) is 23.9 Å². The molecule has 5 heteroatoms. The zero-order chi connectivity index (χ0) is 14.5. The normalized spacial score (nSPS) is 30.3. The lowest BCUT2D eigenvalue weighted by Gasteiger charge is -2.36. The Morgan fingerprint density at radius 3 is 2.75 bits per heavy atom. The number of ether oxygens (including phenoxy) is 2. The molecule has 0 aromatic carbocycles. The zero-order valence-electron chi connectivity index (χ0n) is 12.5. The van der Waals surface area contributed by atoms with Crippen LogP contribution in [0.15, 0.2) is 0 Å². The summed E-state index contributed by atoms with van der Waals surface area (Å²) in [5.74, 6) is -0.269. The van der Waals surface area contributed by atoms with Gasteiger partial charge >= 0.3 is 5.97 Å². The first kappa shape index (κ1) is 15.3. The van der Waals surface area contributed by atoms with Crippen LogP contribution in [0.1, 0.15) is 46.0 Å². The molecule has 114 valence electrons. The van der Waals surface area contributed by atoms with Crippen LogP contribution < -0.4 is 0 Å². The Morgan fingerprint density at radius 1 is 1.25 bits per heavy atom. The molecule has 2 rings (SSSR count). The topological polar surface area (TPSA) is 55.8 Å². The summed E-state index contributed by atoms with van der Waals surface area (Å²) in [5, 5.41) is 0. The SMILES string of the molecule is CCOC(=O)C1CCCCN1C(=O)C1CCOC1CC. The minimum absolute atomic E-state index is 0.00673. The number of nitrogens with zero attached hydrogens (tertiary/aromatic N) is 1. The maximum absolute atomic E-state index is 12.7. The fraction of sp³-hybridized carbons (Fsp3) is 0.867. The Balaban J connectivity index is 2.07. The minimum atomic E-state index is -0.394. The van der Waals surface area contributed by atoms with E-state index in [0.29, 0.717) is 19.8 Å². The van der Waals surface area contributed by atoms with Crippen molar-refractivity contribution in [3.63, 3.8) is 0 Å². The number of rotatable bonds is 4. The number of carbonyl (C=O) groups excluding carboxylic acids is 2. The molecule has 0 saturated carbocycles. The summed E-state index contributed by atoms with van der Waals surface area (Å²) in [6.07, 6.45) is 4.27. The Bertz CT molecular complexity index is 358. The van der Waals surface area contributed by atoms with Gasteiger partial charge in [0.2, 0.25) is 5.91 Å². The first-order chi connectivity index (χ1) is 9.69. The number of hydrogen-bond donors (Lipinski definition) is 0. The second kappa shape index (κ2) is 7.07. The quantitative estimate of drug-likeness (QED) is 0.738.